The van der Waals surface area contributed by atoms with Gasteiger partial charge in [-0.2, -0.15) is 0 Å². The van der Waals surface area contributed by atoms with E-state index < -0.39 is 28.1 Å². The number of hydrogen-bond donors (Lipinski definition) is 1. The quantitative estimate of drug-likeness (QED) is 0.569. The molecule has 1 aliphatic heterocycles. The molecule has 0 aromatic heterocycles. The summed E-state index contributed by atoms with van der Waals surface area (Å²) in [5.41, 5.74) is 0.761. The van der Waals surface area contributed by atoms with Crippen molar-refractivity contribution in [2.24, 2.45) is 4.99 Å². The number of rotatable bonds is 6. The molecule has 0 unspecified atom stereocenters. The average molecular weight is 416 g/mol. The maximum absolute atomic E-state index is 12.5. The lowest BCUT2D eigenvalue weighted by atomic mass is 10.1. The Hall–Kier alpha value is -3.20. The fourth-order valence-electron chi connectivity index (χ4n) is 2.79. The van der Waals surface area contributed by atoms with Gasteiger partial charge < -0.3 is 9.47 Å². The highest BCUT2D eigenvalue weighted by Crippen LogP contribution is 2.22. The second-order valence-electron chi connectivity index (χ2n) is 6.43. The number of nitrogens with zero attached hydrogens (tertiary/aromatic N) is 1. The minimum Gasteiger partial charge on any atom is -0.497 e. The molecule has 9 heteroatoms. The summed E-state index contributed by atoms with van der Waals surface area (Å²) in [7, 11) is -2.18. The molecule has 0 aliphatic carbocycles. The number of ketones is 1. The number of fused-ring (bicyclic) bond motifs is 1. The van der Waals surface area contributed by atoms with Gasteiger partial charge in [0.1, 0.15) is 17.6 Å². The van der Waals surface area contributed by atoms with Crippen molar-refractivity contribution in [1.82, 2.24) is 4.72 Å². The lowest BCUT2D eigenvalue weighted by Crippen LogP contribution is -2.31. The van der Waals surface area contributed by atoms with Gasteiger partial charge in [-0.25, -0.2) is 13.2 Å². The van der Waals surface area contributed by atoms with Crippen LogP contribution in [0.1, 0.15) is 29.8 Å². The second-order valence-corrected chi connectivity index (χ2v) is 8.08. The molecule has 0 amide bonds. The van der Waals surface area contributed by atoms with Crippen LogP contribution in [0.15, 0.2) is 58.4 Å². The molecule has 29 heavy (non-hydrogen) atoms. The molecule has 8 nitrogen and oxygen atoms in total. The minimum atomic E-state index is -3.70. The van der Waals surface area contributed by atoms with Gasteiger partial charge in [-0.05, 0) is 50.2 Å². The van der Waals surface area contributed by atoms with Gasteiger partial charge in [-0.15, -0.1) is 0 Å². The first-order valence-corrected chi connectivity index (χ1v) is 10.3. The maximum Gasteiger partial charge on any atom is 0.331 e. The molecule has 2 aromatic rings. The van der Waals surface area contributed by atoms with Crippen molar-refractivity contribution in [3.05, 3.63) is 59.7 Å². The molecule has 0 radical (unpaired) electrons. The number of esters is 1. The molecule has 2 aromatic carbocycles. The van der Waals surface area contributed by atoms with Crippen molar-refractivity contribution >= 4 is 27.6 Å². The first-order chi connectivity index (χ1) is 13.7. The van der Waals surface area contributed by atoms with E-state index in [1.165, 1.54) is 27.0 Å². The standard InChI is InChI=1S/C20H20N2O6S/c1-12(21-19-16-6-4-5-7-17(16)29(25,26)22-19)20(24)28-13(2)18(23)14-8-10-15(27-3)11-9-14/h4-13H,1-3H3,(H,21,22)/t12-,13+/m0/s1. The molecule has 0 bridgehead atoms. The van der Waals surface area contributed by atoms with E-state index in [2.05, 4.69) is 9.71 Å². The van der Waals surface area contributed by atoms with Gasteiger partial charge in [0.15, 0.2) is 6.10 Å². The number of methoxy groups -OCH3 is 1. The van der Waals surface area contributed by atoms with Crippen LogP contribution in [0.2, 0.25) is 0 Å². The van der Waals surface area contributed by atoms with E-state index in [1.807, 2.05) is 0 Å². The summed E-state index contributed by atoms with van der Waals surface area (Å²) in [4.78, 5) is 29.1. The zero-order chi connectivity index (χ0) is 21.2. The monoisotopic (exact) mass is 416 g/mol. The van der Waals surface area contributed by atoms with Crippen LogP contribution in [0.4, 0.5) is 0 Å². The Morgan fingerprint density at radius 2 is 1.69 bits per heavy atom. The third-order valence-electron chi connectivity index (χ3n) is 4.36. The predicted octanol–water partition coefficient (Wildman–Crippen LogP) is 1.94. The van der Waals surface area contributed by atoms with Gasteiger partial charge in [0.2, 0.25) is 5.78 Å². The van der Waals surface area contributed by atoms with Gasteiger partial charge in [-0.3, -0.25) is 14.5 Å². The van der Waals surface area contributed by atoms with Crippen molar-refractivity contribution in [2.75, 3.05) is 7.11 Å². The number of carbonyl (C=O) groups is 2. The predicted molar refractivity (Wildman–Crippen MR) is 106 cm³/mol. The number of Topliss-reactive ketones (excluding diaryl/α,β-unsaturated/α-hetero) is 1. The Kier molecular flexibility index (Phi) is 5.69. The van der Waals surface area contributed by atoms with Crippen LogP contribution in [0.5, 0.6) is 5.75 Å². The summed E-state index contributed by atoms with van der Waals surface area (Å²) in [6.07, 6.45) is -1.02. The van der Waals surface area contributed by atoms with Gasteiger partial charge >= 0.3 is 5.97 Å². The molecule has 0 spiro atoms. The van der Waals surface area contributed by atoms with E-state index >= 15 is 0 Å². The summed E-state index contributed by atoms with van der Waals surface area (Å²) >= 11 is 0. The third kappa shape index (κ3) is 4.29. The van der Waals surface area contributed by atoms with Crippen LogP contribution < -0.4 is 9.46 Å². The molecule has 0 saturated heterocycles. The zero-order valence-electron chi connectivity index (χ0n) is 16.1. The van der Waals surface area contributed by atoms with E-state index in [-0.39, 0.29) is 16.5 Å². The number of aliphatic imine (C=N–C) groups is 1. The van der Waals surface area contributed by atoms with Crippen LogP contribution in [-0.4, -0.2) is 45.3 Å². The maximum atomic E-state index is 12.5. The lowest BCUT2D eigenvalue weighted by molar-refractivity contribution is -0.147. The summed E-state index contributed by atoms with van der Waals surface area (Å²) in [5.74, 6) is -0.433. The molecule has 3 rings (SSSR count). The number of ether oxygens (including phenoxy) is 2. The minimum absolute atomic E-state index is 0.0687. The normalized spacial score (nSPS) is 17.7. The molecule has 2 atom stereocenters. The third-order valence-corrected chi connectivity index (χ3v) is 5.76. The van der Waals surface area contributed by atoms with Crippen molar-refractivity contribution in [3.8, 4) is 5.75 Å². The van der Waals surface area contributed by atoms with Crippen LogP contribution in [0.3, 0.4) is 0 Å². The molecule has 152 valence electrons. The summed E-state index contributed by atoms with van der Waals surface area (Å²) in [6.45, 7) is 2.94. The van der Waals surface area contributed by atoms with Crippen LogP contribution >= 0.6 is 0 Å². The van der Waals surface area contributed by atoms with E-state index in [0.29, 0.717) is 16.9 Å². The van der Waals surface area contributed by atoms with Crippen LogP contribution in [0.25, 0.3) is 0 Å². The average Bonchev–Trinajstić information content (AvgIpc) is 2.97. The second kappa shape index (κ2) is 8.04. The molecule has 1 heterocycles. The molecular formula is C20H20N2O6S. The summed E-state index contributed by atoms with van der Waals surface area (Å²) < 4.78 is 36.9. The highest BCUT2D eigenvalue weighted by Gasteiger charge is 2.31. The van der Waals surface area contributed by atoms with Crippen molar-refractivity contribution < 1.29 is 27.5 Å². The topological polar surface area (TPSA) is 111 Å². The van der Waals surface area contributed by atoms with Crippen molar-refractivity contribution in [2.45, 2.75) is 30.9 Å². The SMILES string of the molecule is COc1ccc(C(=O)[C@@H](C)OC(=O)[C@H](C)N=C2NS(=O)(=O)c3ccccc32)cc1. The molecular weight excluding hydrogens is 396 g/mol. The fourth-order valence-corrected chi connectivity index (χ4v) is 4.03. The van der Waals surface area contributed by atoms with E-state index in [1.54, 1.807) is 42.5 Å². The Bertz CT molecular complexity index is 1080. The van der Waals surface area contributed by atoms with Crippen LogP contribution in [0, 0.1) is 0 Å². The first kappa shape index (κ1) is 20.5. The summed E-state index contributed by atoms with van der Waals surface area (Å²) in [5, 5.41) is 0. The molecule has 0 saturated carbocycles. The highest BCUT2D eigenvalue weighted by atomic mass is 32.2. The smallest absolute Gasteiger partial charge is 0.331 e. The summed E-state index contributed by atoms with van der Waals surface area (Å²) in [6, 6.07) is 11.8. The molecule has 1 N–H and O–H groups in total. The molecule has 1 aliphatic rings. The van der Waals surface area contributed by atoms with Gasteiger partial charge in [0.25, 0.3) is 10.0 Å². The number of nitrogens with one attached hydrogen (secondary N) is 1. The fraction of sp³-hybridized carbons (Fsp3) is 0.250. The van der Waals surface area contributed by atoms with Crippen LogP contribution in [-0.2, 0) is 19.6 Å². The first-order valence-electron chi connectivity index (χ1n) is 8.81. The van der Waals surface area contributed by atoms with Crippen molar-refractivity contribution in [3.63, 3.8) is 0 Å². The van der Waals surface area contributed by atoms with Crippen molar-refractivity contribution in [1.29, 1.82) is 0 Å². The number of sulfonamides is 1. The number of hydrogen-bond acceptors (Lipinski definition) is 7. The zero-order valence-corrected chi connectivity index (χ0v) is 16.9. The number of amidine groups is 1. The Balaban J connectivity index is 1.70. The Morgan fingerprint density at radius 3 is 2.34 bits per heavy atom. The number of benzene rings is 2. The van der Waals surface area contributed by atoms with E-state index in [9.17, 15) is 18.0 Å². The largest absolute Gasteiger partial charge is 0.497 e. The van der Waals surface area contributed by atoms with E-state index in [0.717, 1.165) is 0 Å². The van der Waals surface area contributed by atoms with E-state index in [4.69, 9.17) is 9.47 Å². The lowest BCUT2D eigenvalue weighted by Gasteiger charge is -2.15. The van der Waals surface area contributed by atoms with Gasteiger partial charge in [0, 0.05) is 11.1 Å². The Morgan fingerprint density at radius 1 is 1.03 bits per heavy atom. The van der Waals surface area contributed by atoms with Gasteiger partial charge in [0.05, 0.1) is 12.0 Å². The Labute approximate surface area is 168 Å². The molecule has 0 fully saturated rings. The van der Waals surface area contributed by atoms with Gasteiger partial charge in [-0.1, -0.05) is 12.1 Å². The highest BCUT2D eigenvalue weighted by molar-refractivity contribution is 7.90. The number of carbonyl (C=O) groups excluding carboxylic acids is 2.